The van der Waals surface area contributed by atoms with E-state index in [2.05, 4.69) is 24.5 Å². The monoisotopic (exact) mass is 234 g/mol. The fourth-order valence-electron chi connectivity index (χ4n) is 1.58. The summed E-state index contributed by atoms with van der Waals surface area (Å²) in [5.74, 6) is 0.543. The van der Waals surface area contributed by atoms with Crippen molar-refractivity contribution in [2.24, 2.45) is 5.92 Å². The first-order chi connectivity index (χ1) is 8.08. The molecular formula is C14H22N2O. The summed E-state index contributed by atoms with van der Waals surface area (Å²) >= 11 is 0. The third-order valence-corrected chi connectivity index (χ3v) is 3.07. The second-order valence-corrected chi connectivity index (χ2v) is 4.50. The predicted molar refractivity (Wildman–Crippen MR) is 72.5 cm³/mol. The average Bonchev–Trinajstić information content (AvgIpc) is 2.35. The van der Waals surface area contributed by atoms with Crippen LogP contribution in [-0.2, 0) is 0 Å². The number of amides is 1. The lowest BCUT2D eigenvalue weighted by atomic mass is 10.1. The molecule has 0 aromatic heterocycles. The number of hydrogen-bond donors (Lipinski definition) is 2. The number of nitrogens with one attached hydrogen (secondary N) is 2. The third kappa shape index (κ3) is 3.77. The van der Waals surface area contributed by atoms with Gasteiger partial charge in [0.05, 0.1) is 0 Å². The van der Waals surface area contributed by atoms with E-state index in [-0.39, 0.29) is 5.91 Å². The fourth-order valence-corrected chi connectivity index (χ4v) is 1.58. The molecule has 1 rings (SSSR count). The molecule has 1 aromatic carbocycles. The van der Waals surface area contributed by atoms with Crippen molar-refractivity contribution in [3.63, 3.8) is 0 Å². The van der Waals surface area contributed by atoms with Crippen molar-refractivity contribution >= 4 is 11.6 Å². The second-order valence-electron chi connectivity index (χ2n) is 4.50. The fraction of sp³-hybridized carbons (Fsp3) is 0.500. The number of hydrogen-bond acceptors (Lipinski definition) is 2. The van der Waals surface area contributed by atoms with Crippen LogP contribution in [0, 0.1) is 12.8 Å². The van der Waals surface area contributed by atoms with Crippen LogP contribution in [0.25, 0.3) is 0 Å². The minimum atomic E-state index is 0.0189. The van der Waals surface area contributed by atoms with Crippen LogP contribution in [0.2, 0.25) is 0 Å². The van der Waals surface area contributed by atoms with Crippen LogP contribution in [0.1, 0.15) is 36.2 Å². The Balaban J connectivity index is 2.69. The van der Waals surface area contributed by atoms with Crippen LogP contribution in [0.15, 0.2) is 18.2 Å². The summed E-state index contributed by atoms with van der Waals surface area (Å²) in [7, 11) is 1.87. The highest BCUT2D eigenvalue weighted by Gasteiger charge is 2.09. The third-order valence-electron chi connectivity index (χ3n) is 3.07. The van der Waals surface area contributed by atoms with E-state index in [1.807, 2.05) is 32.2 Å². The van der Waals surface area contributed by atoms with Gasteiger partial charge in [-0.3, -0.25) is 4.79 Å². The van der Waals surface area contributed by atoms with Crippen molar-refractivity contribution in [2.45, 2.75) is 27.2 Å². The molecule has 94 valence electrons. The number of aryl methyl sites for hydroxylation is 1. The zero-order valence-electron chi connectivity index (χ0n) is 11.1. The van der Waals surface area contributed by atoms with E-state index in [0.717, 1.165) is 29.8 Å². The van der Waals surface area contributed by atoms with E-state index in [9.17, 15) is 4.79 Å². The maximum Gasteiger partial charge on any atom is 0.251 e. The van der Waals surface area contributed by atoms with Crippen molar-refractivity contribution < 1.29 is 4.79 Å². The first-order valence-corrected chi connectivity index (χ1v) is 6.15. The first-order valence-electron chi connectivity index (χ1n) is 6.15. The highest BCUT2D eigenvalue weighted by atomic mass is 16.1. The molecule has 0 fully saturated rings. The molecule has 0 aliphatic carbocycles. The van der Waals surface area contributed by atoms with Gasteiger partial charge in [-0.1, -0.05) is 20.3 Å². The summed E-state index contributed by atoms with van der Waals surface area (Å²) in [5, 5.41) is 6.03. The van der Waals surface area contributed by atoms with Gasteiger partial charge in [0, 0.05) is 24.8 Å². The Morgan fingerprint density at radius 3 is 2.65 bits per heavy atom. The first kappa shape index (κ1) is 13.6. The van der Waals surface area contributed by atoms with Crippen molar-refractivity contribution in [2.75, 3.05) is 18.9 Å². The number of rotatable bonds is 5. The smallest absolute Gasteiger partial charge is 0.251 e. The number of carbonyl (C=O) groups excluding carboxylic acids is 1. The van der Waals surface area contributed by atoms with Gasteiger partial charge in [-0.25, -0.2) is 0 Å². The van der Waals surface area contributed by atoms with Crippen molar-refractivity contribution in [3.8, 4) is 0 Å². The van der Waals surface area contributed by atoms with Gasteiger partial charge in [0.25, 0.3) is 5.91 Å². The summed E-state index contributed by atoms with van der Waals surface area (Å²) in [6.45, 7) is 6.96. The van der Waals surface area contributed by atoms with E-state index >= 15 is 0 Å². The Kier molecular flexibility index (Phi) is 5.01. The van der Waals surface area contributed by atoms with Crippen LogP contribution in [-0.4, -0.2) is 19.5 Å². The molecule has 0 aliphatic rings. The molecule has 3 nitrogen and oxygen atoms in total. The van der Waals surface area contributed by atoms with Crippen LogP contribution >= 0.6 is 0 Å². The number of benzene rings is 1. The van der Waals surface area contributed by atoms with Gasteiger partial charge >= 0.3 is 0 Å². The van der Waals surface area contributed by atoms with Gasteiger partial charge < -0.3 is 10.6 Å². The van der Waals surface area contributed by atoms with Crippen LogP contribution in [0.3, 0.4) is 0 Å². The van der Waals surface area contributed by atoms with Crippen LogP contribution in [0.5, 0.6) is 0 Å². The number of carbonyl (C=O) groups is 1. The summed E-state index contributed by atoms with van der Waals surface area (Å²) in [4.78, 5) is 12.0. The molecule has 1 unspecified atom stereocenters. The van der Waals surface area contributed by atoms with Crippen molar-refractivity contribution in [3.05, 3.63) is 29.3 Å². The predicted octanol–water partition coefficient (Wildman–Crippen LogP) is 2.81. The summed E-state index contributed by atoms with van der Waals surface area (Å²) in [6, 6.07) is 5.77. The molecule has 0 radical (unpaired) electrons. The van der Waals surface area contributed by atoms with E-state index in [4.69, 9.17) is 0 Å². The molecule has 0 aliphatic heterocycles. The molecule has 1 atom stereocenters. The van der Waals surface area contributed by atoms with Gasteiger partial charge in [0.1, 0.15) is 0 Å². The molecular weight excluding hydrogens is 212 g/mol. The van der Waals surface area contributed by atoms with E-state index in [1.165, 1.54) is 0 Å². The highest BCUT2D eigenvalue weighted by molar-refractivity contribution is 5.96. The number of anilines is 1. The minimum absolute atomic E-state index is 0.0189. The topological polar surface area (TPSA) is 41.1 Å². The SMILES string of the molecule is CCC(C)CNC(=O)c1ccc(NC)cc1C. The zero-order valence-corrected chi connectivity index (χ0v) is 11.1. The van der Waals surface area contributed by atoms with Crippen LogP contribution < -0.4 is 10.6 Å². The maximum absolute atomic E-state index is 12.0. The second kappa shape index (κ2) is 6.28. The molecule has 17 heavy (non-hydrogen) atoms. The van der Waals surface area contributed by atoms with E-state index < -0.39 is 0 Å². The molecule has 0 heterocycles. The summed E-state index contributed by atoms with van der Waals surface area (Å²) in [5.41, 5.74) is 2.78. The Morgan fingerprint density at radius 2 is 2.12 bits per heavy atom. The Morgan fingerprint density at radius 1 is 1.41 bits per heavy atom. The van der Waals surface area contributed by atoms with Crippen LogP contribution in [0.4, 0.5) is 5.69 Å². The molecule has 0 bridgehead atoms. The standard InChI is InChI=1S/C14H22N2O/c1-5-10(2)9-16-14(17)13-7-6-12(15-4)8-11(13)3/h6-8,10,15H,5,9H2,1-4H3,(H,16,17). The lowest BCUT2D eigenvalue weighted by Gasteiger charge is -2.12. The highest BCUT2D eigenvalue weighted by Crippen LogP contribution is 2.14. The molecule has 0 saturated heterocycles. The molecule has 1 amide bonds. The van der Waals surface area contributed by atoms with Gasteiger partial charge in [-0.2, -0.15) is 0 Å². The summed E-state index contributed by atoms with van der Waals surface area (Å²) < 4.78 is 0. The zero-order chi connectivity index (χ0) is 12.8. The molecule has 2 N–H and O–H groups in total. The molecule has 3 heteroatoms. The molecule has 0 spiro atoms. The largest absolute Gasteiger partial charge is 0.388 e. The minimum Gasteiger partial charge on any atom is -0.388 e. The van der Waals surface area contributed by atoms with Gasteiger partial charge in [-0.05, 0) is 36.6 Å². The van der Waals surface area contributed by atoms with Gasteiger partial charge in [-0.15, -0.1) is 0 Å². The van der Waals surface area contributed by atoms with Crippen molar-refractivity contribution in [1.29, 1.82) is 0 Å². The lowest BCUT2D eigenvalue weighted by molar-refractivity contribution is 0.0947. The quantitative estimate of drug-likeness (QED) is 0.822. The maximum atomic E-state index is 12.0. The van der Waals surface area contributed by atoms with E-state index in [0.29, 0.717) is 5.92 Å². The Labute approximate surface area is 104 Å². The van der Waals surface area contributed by atoms with Crippen molar-refractivity contribution in [1.82, 2.24) is 5.32 Å². The average molecular weight is 234 g/mol. The molecule has 1 aromatic rings. The van der Waals surface area contributed by atoms with Gasteiger partial charge in [0.15, 0.2) is 0 Å². The normalized spacial score (nSPS) is 12.0. The molecule has 0 saturated carbocycles. The summed E-state index contributed by atoms with van der Waals surface area (Å²) in [6.07, 6.45) is 1.08. The van der Waals surface area contributed by atoms with Gasteiger partial charge in [0.2, 0.25) is 0 Å². The lowest BCUT2D eigenvalue weighted by Crippen LogP contribution is -2.28. The van der Waals surface area contributed by atoms with E-state index in [1.54, 1.807) is 0 Å². The Hall–Kier alpha value is -1.51. The Bertz CT molecular complexity index is 388.